The molecule has 88 valence electrons. The highest BCUT2D eigenvalue weighted by atomic mass is 16.5. The highest BCUT2D eigenvalue weighted by molar-refractivity contribution is 5.69. The van der Waals surface area contributed by atoms with Crippen molar-refractivity contribution in [1.29, 1.82) is 0 Å². The molecule has 0 unspecified atom stereocenters. The molecule has 0 bridgehead atoms. The molecule has 0 aromatic heterocycles. The van der Waals surface area contributed by atoms with Crippen LogP contribution in [0.4, 0.5) is 5.69 Å². The Bertz CT molecular complexity index is 363. The highest BCUT2D eigenvalue weighted by Gasteiger charge is 2.02. The molecule has 16 heavy (non-hydrogen) atoms. The Balaban J connectivity index is 2.37. The lowest BCUT2D eigenvalue weighted by Gasteiger charge is -2.07. The molecule has 0 aliphatic carbocycles. The zero-order valence-electron chi connectivity index (χ0n) is 9.66. The number of hydrogen-bond acceptors (Lipinski definition) is 4. The third kappa shape index (κ3) is 3.81. The first-order valence-corrected chi connectivity index (χ1v) is 5.28. The lowest BCUT2D eigenvalue weighted by molar-refractivity contribution is -0.143. The summed E-state index contributed by atoms with van der Waals surface area (Å²) in [6.45, 7) is 4.41. The van der Waals surface area contributed by atoms with Gasteiger partial charge in [-0.15, -0.1) is 0 Å². The number of nitrogen functional groups attached to an aromatic ring is 1. The van der Waals surface area contributed by atoms with E-state index in [2.05, 4.69) is 0 Å². The number of carbonyl (C=O) groups is 1. The lowest BCUT2D eigenvalue weighted by atomic mass is 10.2. The molecule has 4 heteroatoms. The predicted octanol–water partition coefficient (Wildman–Crippen LogP) is 1.91. The van der Waals surface area contributed by atoms with Crippen molar-refractivity contribution in [2.45, 2.75) is 20.3 Å². The van der Waals surface area contributed by atoms with Crippen LogP contribution < -0.4 is 10.5 Å². The number of esters is 1. The smallest absolute Gasteiger partial charge is 0.309 e. The lowest BCUT2D eigenvalue weighted by Crippen LogP contribution is -2.09. The van der Waals surface area contributed by atoms with E-state index in [4.69, 9.17) is 15.2 Å². The SMILES string of the molecule is CCOC(=O)CCOc1ccc(C)c(N)c1. The molecule has 1 aromatic rings. The topological polar surface area (TPSA) is 61.5 Å². The number of anilines is 1. The Morgan fingerprint density at radius 3 is 2.81 bits per heavy atom. The summed E-state index contributed by atoms with van der Waals surface area (Å²) in [5.74, 6) is 0.426. The first-order chi connectivity index (χ1) is 7.63. The standard InChI is InChI=1S/C12H17NO3/c1-3-15-12(14)6-7-16-10-5-4-9(2)11(13)8-10/h4-5,8H,3,6-7,13H2,1-2H3. The van der Waals surface area contributed by atoms with E-state index in [-0.39, 0.29) is 12.4 Å². The third-order valence-electron chi connectivity index (χ3n) is 2.13. The van der Waals surface area contributed by atoms with Crippen LogP contribution >= 0.6 is 0 Å². The first kappa shape index (κ1) is 12.4. The molecule has 0 aliphatic heterocycles. The minimum absolute atomic E-state index is 0.248. The molecular formula is C12H17NO3. The molecular weight excluding hydrogens is 206 g/mol. The fourth-order valence-electron chi connectivity index (χ4n) is 1.19. The maximum atomic E-state index is 11.0. The molecule has 0 saturated carbocycles. The zero-order valence-corrected chi connectivity index (χ0v) is 9.66. The van der Waals surface area contributed by atoms with Crippen LogP contribution in [0.2, 0.25) is 0 Å². The van der Waals surface area contributed by atoms with Crippen LogP contribution in [-0.2, 0) is 9.53 Å². The van der Waals surface area contributed by atoms with Gasteiger partial charge >= 0.3 is 5.97 Å². The maximum absolute atomic E-state index is 11.0. The molecule has 0 heterocycles. The van der Waals surface area contributed by atoms with Gasteiger partial charge in [0.25, 0.3) is 0 Å². The van der Waals surface area contributed by atoms with Gasteiger partial charge < -0.3 is 15.2 Å². The maximum Gasteiger partial charge on any atom is 0.309 e. The number of benzene rings is 1. The van der Waals surface area contributed by atoms with Gasteiger partial charge in [-0.05, 0) is 25.5 Å². The molecule has 0 aliphatic rings. The number of rotatable bonds is 5. The van der Waals surface area contributed by atoms with Gasteiger partial charge in [0.2, 0.25) is 0 Å². The van der Waals surface area contributed by atoms with Gasteiger partial charge in [-0.3, -0.25) is 4.79 Å². The van der Waals surface area contributed by atoms with E-state index in [1.807, 2.05) is 19.1 Å². The van der Waals surface area contributed by atoms with Crippen molar-refractivity contribution in [3.63, 3.8) is 0 Å². The summed E-state index contributed by atoms with van der Waals surface area (Å²) in [7, 11) is 0. The Labute approximate surface area is 95.3 Å². The Morgan fingerprint density at radius 1 is 1.44 bits per heavy atom. The van der Waals surface area contributed by atoms with E-state index in [9.17, 15) is 4.79 Å². The van der Waals surface area contributed by atoms with Crippen molar-refractivity contribution in [3.8, 4) is 5.75 Å². The van der Waals surface area contributed by atoms with Gasteiger partial charge in [0.1, 0.15) is 5.75 Å². The van der Waals surface area contributed by atoms with Gasteiger partial charge in [0.15, 0.2) is 0 Å². The summed E-state index contributed by atoms with van der Waals surface area (Å²) in [6.07, 6.45) is 0.252. The van der Waals surface area contributed by atoms with Crippen LogP contribution in [0.25, 0.3) is 0 Å². The molecule has 0 saturated heterocycles. The fraction of sp³-hybridized carbons (Fsp3) is 0.417. The van der Waals surface area contributed by atoms with Gasteiger partial charge in [0, 0.05) is 11.8 Å². The van der Waals surface area contributed by atoms with Crippen molar-refractivity contribution in [2.24, 2.45) is 0 Å². The molecule has 0 spiro atoms. The molecule has 0 amide bonds. The quantitative estimate of drug-likeness (QED) is 0.612. The second-order valence-electron chi connectivity index (χ2n) is 3.42. The Morgan fingerprint density at radius 2 is 2.19 bits per heavy atom. The number of nitrogens with two attached hydrogens (primary N) is 1. The molecule has 4 nitrogen and oxygen atoms in total. The van der Waals surface area contributed by atoms with E-state index in [0.29, 0.717) is 24.7 Å². The van der Waals surface area contributed by atoms with Crippen LogP contribution in [-0.4, -0.2) is 19.2 Å². The van der Waals surface area contributed by atoms with Crippen molar-refractivity contribution in [2.75, 3.05) is 18.9 Å². The van der Waals surface area contributed by atoms with E-state index in [0.717, 1.165) is 5.56 Å². The van der Waals surface area contributed by atoms with Crippen LogP contribution in [0.5, 0.6) is 5.75 Å². The fourth-order valence-corrected chi connectivity index (χ4v) is 1.19. The molecule has 1 aromatic carbocycles. The van der Waals surface area contributed by atoms with Crippen LogP contribution in [0, 0.1) is 6.92 Å². The molecule has 0 atom stereocenters. The highest BCUT2D eigenvalue weighted by Crippen LogP contribution is 2.18. The second kappa shape index (κ2) is 6.00. The Kier molecular flexibility index (Phi) is 4.64. The van der Waals surface area contributed by atoms with E-state index < -0.39 is 0 Å². The summed E-state index contributed by atoms with van der Waals surface area (Å²) in [4.78, 5) is 11.0. The van der Waals surface area contributed by atoms with Crippen molar-refractivity contribution >= 4 is 11.7 Å². The second-order valence-corrected chi connectivity index (χ2v) is 3.42. The number of carbonyl (C=O) groups excluding carboxylic acids is 1. The largest absolute Gasteiger partial charge is 0.493 e. The third-order valence-corrected chi connectivity index (χ3v) is 2.13. The van der Waals surface area contributed by atoms with Gasteiger partial charge in [-0.25, -0.2) is 0 Å². The van der Waals surface area contributed by atoms with Gasteiger partial charge in [-0.2, -0.15) is 0 Å². The predicted molar refractivity (Wildman–Crippen MR) is 62.3 cm³/mol. The minimum Gasteiger partial charge on any atom is -0.493 e. The van der Waals surface area contributed by atoms with E-state index in [1.165, 1.54) is 0 Å². The zero-order chi connectivity index (χ0) is 12.0. The van der Waals surface area contributed by atoms with Crippen LogP contribution in [0.15, 0.2) is 18.2 Å². The summed E-state index contributed by atoms with van der Waals surface area (Å²) >= 11 is 0. The number of ether oxygens (including phenoxy) is 2. The average Bonchev–Trinajstić information content (AvgIpc) is 2.24. The molecule has 0 fully saturated rings. The first-order valence-electron chi connectivity index (χ1n) is 5.28. The van der Waals surface area contributed by atoms with Crippen LogP contribution in [0.1, 0.15) is 18.9 Å². The van der Waals surface area contributed by atoms with Gasteiger partial charge in [0.05, 0.1) is 19.6 Å². The monoisotopic (exact) mass is 223 g/mol. The van der Waals surface area contributed by atoms with E-state index in [1.54, 1.807) is 13.0 Å². The molecule has 1 rings (SSSR count). The number of hydrogen-bond donors (Lipinski definition) is 1. The Hall–Kier alpha value is -1.71. The molecule has 2 N–H and O–H groups in total. The average molecular weight is 223 g/mol. The summed E-state index contributed by atoms with van der Waals surface area (Å²) < 4.78 is 10.2. The van der Waals surface area contributed by atoms with Crippen molar-refractivity contribution in [1.82, 2.24) is 0 Å². The summed E-state index contributed by atoms with van der Waals surface area (Å²) in [5.41, 5.74) is 7.43. The van der Waals surface area contributed by atoms with Crippen LogP contribution in [0.3, 0.4) is 0 Å². The van der Waals surface area contributed by atoms with Crippen molar-refractivity contribution < 1.29 is 14.3 Å². The van der Waals surface area contributed by atoms with Crippen molar-refractivity contribution in [3.05, 3.63) is 23.8 Å². The summed E-state index contributed by atoms with van der Waals surface area (Å²) in [6, 6.07) is 5.46. The van der Waals surface area contributed by atoms with Gasteiger partial charge in [-0.1, -0.05) is 6.07 Å². The minimum atomic E-state index is -0.248. The normalized spacial score (nSPS) is 9.88. The number of aryl methyl sites for hydroxylation is 1. The van der Waals surface area contributed by atoms with E-state index >= 15 is 0 Å². The molecule has 0 radical (unpaired) electrons. The summed E-state index contributed by atoms with van der Waals surface area (Å²) in [5, 5.41) is 0.